The molecule has 10 aromatic rings. The summed E-state index contributed by atoms with van der Waals surface area (Å²) in [6.07, 6.45) is 0. The van der Waals surface area contributed by atoms with Gasteiger partial charge in [0.05, 0.1) is 11.1 Å². The van der Waals surface area contributed by atoms with Crippen LogP contribution < -0.4 is 9.80 Å². The van der Waals surface area contributed by atoms with Gasteiger partial charge in [-0.3, -0.25) is 0 Å². The quantitative estimate of drug-likeness (QED) is 0.152. The molecule has 0 N–H and O–H groups in total. The Labute approximate surface area is 343 Å². The Bertz CT molecular complexity index is 2970. The Balaban J connectivity index is 1.20. The summed E-state index contributed by atoms with van der Waals surface area (Å²) in [6.45, 7) is 0. The second-order valence-corrected chi connectivity index (χ2v) is 16.0. The molecule has 11 rings (SSSR count). The van der Waals surface area contributed by atoms with Crippen LogP contribution in [-0.2, 0) is 5.41 Å². The van der Waals surface area contributed by atoms with Gasteiger partial charge in [0.2, 0.25) is 0 Å². The van der Waals surface area contributed by atoms with Gasteiger partial charge in [-0.2, -0.15) is 0 Å². The normalized spacial score (nSPS) is 12.6. The first-order valence-corrected chi connectivity index (χ1v) is 20.7. The molecule has 0 saturated heterocycles. The van der Waals surface area contributed by atoms with Gasteiger partial charge in [0.1, 0.15) is 0 Å². The van der Waals surface area contributed by atoms with Gasteiger partial charge in [-0.25, -0.2) is 0 Å². The summed E-state index contributed by atoms with van der Waals surface area (Å²) in [5.74, 6) is 0. The van der Waals surface area contributed by atoms with E-state index in [-0.39, 0.29) is 0 Å². The van der Waals surface area contributed by atoms with Crippen LogP contribution in [0, 0.1) is 0 Å². The minimum atomic E-state index is -0.609. The molecule has 0 bridgehead atoms. The Morgan fingerprint density at radius 1 is 0.328 bits per heavy atom. The molecule has 0 amide bonds. The summed E-state index contributed by atoms with van der Waals surface area (Å²) in [5, 5.41) is 2.56. The van der Waals surface area contributed by atoms with Crippen molar-refractivity contribution in [2.24, 2.45) is 0 Å². The largest absolute Gasteiger partial charge is 0.310 e. The van der Waals surface area contributed by atoms with E-state index in [1.165, 1.54) is 59.2 Å². The average Bonchev–Trinajstić information content (AvgIpc) is 3.82. The van der Waals surface area contributed by atoms with Gasteiger partial charge in [0, 0.05) is 48.6 Å². The fourth-order valence-corrected chi connectivity index (χ4v) is 10.4. The van der Waals surface area contributed by atoms with E-state index in [9.17, 15) is 0 Å². The van der Waals surface area contributed by atoms with Crippen molar-refractivity contribution in [3.63, 3.8) is 0 Å². The van der Waals surface area contributed by atoms with Crippen LogP contribution in [0.1, 0.15) is 22.3 Å². The summed E-state index contributed by atoms with van der Waals surface area (Å²) in [7, 11) is 0. The Hall–Kier alpha value is -7.20. The summed E-state index contributed by atoms with van der Waals surface area (Å²) >= 11 is 1.86. The Kier molecular flexibility index (Phi) is 8.27. The van der Waals surface area contributed by atoms with E-state index in [1.807, 2.05) is 11.3 Å². The number of thiophene rings is 1. The second-order valence-electron chi connectivity index (χ2n) is 14.9. The van der Waals surface area contributed by atoms with Crippen molar-refractivity contribution in [3.05, 3.63) is 253 Å². The molecule has 2 nitrogen and oxygen atoms in total. The van der Waals surface area contributed by atoms with Gasteiger partial charge in [-0.05, 0) is 112 Å². The highest BCUT2D eigenvalue weighted by Gasteiger charge is 2.47. The fraction of sp³-hybridized carbons (Fsp3) is 0.0182. The summed E-state index contributed by atoms with van der Waals surface area (Å²) in [4.78, 5) is 4.84. The molecular weight excluding hydrogens is 721 g/mol. The maximum absolute atomic E-state index is 2.47. The third-order valence-electron chi connectivity index (χ3n) is 11.7. The highest BCUT2D eigenvalue weighted by molar-refractivity contribution is 7.26. The number of fused-ring (bicyclic) bond motifs is 6. The summed E-state index contributed by atoms with van der Waals surface area (Å²) in [5.41, 5.74) is 13.6. The maximum Gasteiger partial charge on any atom is 0.0715 e. The molecule has 1 heterocycles. The van der Waals surface area contributed by atoms with Crippen LogP contribution in [0.2, 0.25) is 0 Å². The molecule has 0 atom stereocenters. The Morgan fingerprint density at radius 2 is 0.759 bits per heavy atom. The van der Waals surface area contributed by atoms with E-state index < -0.39 is 5.41 Å². The lowest BCUT2D eigenvalue weighted by Gasteiger charge is -2.35. The lowest BCUT2D eigenvalue weighted by molar-refractivity contribution is 0.768. The molecule has 0 radical (unpaired) electrons. The first-order chi connectivity index (χ1) is 28.8. The lowest BCUT2D eigenvalue weighted by Crippen LogP contribution is -2.29. The van der Waals surface area contributed by atoms with Crippen molar-refractivity contribution in [1.29, 1.82) is 0 Å². The van der Waals surface area contributed by atoms with Crippen molar-refractivity contribution in [3.8, 4) is 11.1 Å². The van der Waals surface area contributed by atoms with E-state index in [2.05, 4.69) is 240 Å². The first kappa shape index (κ1) is 34.1. The van der Waals surface area contributed by atoms with Crippen LogP contribution in [0.4, 0.5) is 34.1 Å². The zero-order chi connectivity index (χ0) is 38.5. The standard InChI is InChI=1S/C55H38N2S/c1-6-19-39(20-7-1)55(40-21-8-2-9-22-40)49-37-44(56(41-23-10-3-11-24-41)42-25-12-4-13-26-42)33-35-46(49)47-36-34-45(38-50(47)55)57(43-27-14-5-15-28-43)51-30-18-32-53-54(51)48-29-16-17-31-52(48)58-53/h1-38H. The highest BCUT2D eigenvalue weighted by atomic mass is 32.1. The number of anilines is 6. The fourth-order valence-electron chi connectivity index (χ4n) is 9.29. The topological polar surface area (TPSA) is 6.48 Å². The van der Waals surface area contributed by atoms with Gasteiger partial charge in [0.15, 0.2) is 0 Å². The molecule has 274 valence electrons. The van der Waals surface area contributed by atoms with E-state index >= 15 is 0 Å². The van der Waals surface area contributed by atoms with Gasteiger partial charge in [-0.1, -0.05) is 152 Å². The molecule has 0 saturated carbocycles. The molecule has 1 aromatic heterocycles. The number of hydrogen-bond acceptors (Lipinski definition) is 3. The van der Waals surface area contributed by atoms with Crippen LogP contribution in [0.3, 0.4) is 0 Å². The molecule has 3 heteroatoms. The Morgan fingerprint density at radius 3 is 1.29 bits per heavy atom. The van der Waals surface area contributed by atoms with Crippen molar-refractivity contribution in [1.82, 2.24) is 0 Å². The molecule has 9 aromatic carbocycles. The monoisotopic (exact) mass is 758 g/mol. The predicted molar refractivity (Wildman–Crippen MR) is 246 cm³/mol. The summed E-state index contributed by atoms with van der Waals surface area (Å²) in [6, 6.07) is 84.3. The van der Waals surface area contributed by atoms with E-state index in [0.717, 1.165) is 28.4 Å². The molecule has 1 aliphatic carbocycles. The van der Waals surface area contributed by atoms with Crippen LogP contribution in [-0.4, -0.2) is 0 Å². The highest BCUT2D eigenvalue weighted by Crippen LogP contribution is 2.58. The maximum atomic E-state index is 2.47. The first-order valence-electron chi connectivity index (χ1n) is 19.9. The van der Waals surface area contributed by atoms with Crippen molar-refractivity contribution >= 4 is 65.6 Å². The minimum absolute atomic E-state index is 0.609. The number of benzene rings is 9. The van der Waals surface area contributed by atoms with Crippen molar-refractivity contribution in [2.75, 3.05) is 9.80 Å². The van der Waals surface area contributed by atoms with E-state index in [0.29, 0.717) is 0 Å². The minimum Gasteiger partial charge on any atom is -0.310 e. The van der Waals surface area contributed by atoms with Crippen LogP contribution in [0.5, 0.6) is 0 Å². The zero-order valence-electron chi connectivity index (χ0n) is 31.7. The van der Waals surface area contributed by atoms with Crippen LogP contribution in [0.25, 0.3) is 31.3 Å². The molecule has 0 aliphatic heterocycles. The van der Waals surface area contributed by atoms with Gasteiger partial charge in [-0.15, -0.1) is 11.3 Å². The van der Waals surface area contributed by atoms with Crippen LogP contribution in [0.15, 0.2) is 231 Å². The number of rotatable bonds is 8. The van der Waals surface area contributed by atoms with E-state index in [1.54, 1.807) is 0 Å². The molecule has 58 heavy (non-hydrogen) atoms. The molecule has 0 fully saturated rings. The molecule has 0 unspecified atom stereocenters. The van der Waals surface area contributed by atoms with Crippen LogP contribution >= 0.6 is 11.3 Å². The zero-order valence-corrected chi connectivity index (χ0v) is 32.6. The summed E-state index contributed by atoms with van der Waals surface area (Å²) < 4.78 is 2.58. The number of hydrogen-bond donors (Lipinski definition) is 0. The van der Waals surface area contributed by atoms with Gasteiger partial charge >= 0.3 is 0 Å². The van der Waals surface area contributed by atoms with Gasteiger partial charge < -0.3 is 9.80 Å². The average molecular weight is 759 g/mol. The third kappa shape index (κ3) is 5.39. The molecule has 0 spiro atoms. The SMILES string of the molecule is c1ccc(N(c2ccccc2)c2ccc3c(c2)C(c2ccccc2)(c2ccccc2)c2cc(N(c4ccccc4)c4cccc5sc6ccccc6c45)ccc2-3)cc1. The molecular formula is C55H38N2S. The number of nitrogens with zero attached hydrogens (tertiary/aromatic N) is 2. The predicted octanol–water partition coefficient (Wildman–Crippen LogP) is 15.4. The third-order valence-corrected chi connectivity index (χ3v) is 12.8. The smallest absolute Gasteiger partial charge is 0.0715 e. The van der Waals surface area contributed by atoms with Crippen molar-refractivity contribution < 1.29 is 0 Å². The van der Waals surface area contributed by atoms with E-state index in [4.69, 9.17) is 0 Å². The van der Waals surface area contributed by atoms with Gasteiger partial charge in [0.25, 0.3) is 0 Å². The number of para-hydroxylation sites is 3. The lowest BCUT2D eigenvalue weighted by atomic mass is 9.67. The molecule has 1 aliphatic rings. The van der Waals surface area contributed by atoms with Crippen molar-refractivity contribution in [2.45, 2.75) is 5.41 Å². The second kappa shape index (κ2) is 14.1.